The largest absolute Gasteiger partial charge is 0.507 e. The molecule has 9 nitrogen and oxygen atoms in total. The van der Waals surface area contributed by atoms with E-state index in [9.17, 15) is 19.5 Å². The Kier molecular flexibility index (Phi) is 4.60. The molecule has 9 heteroatoms. The van der Waals surface area contributed by atoms with Gasteiger partial charge in [-0.15, -0.1) is 5.06 Å². The molecule has 2 amide bonds. The van der Waals surface area contributed by atoms with Crippen LogP contribution in [0.1, 0.15) is 24.8 Å². The summed E-state index contributed by atoms with van der Waals surface area (Å²) in [5.74, 6) is -1.96. The second-order valence-corrected chi connectivity index (χ2v) is 4.56. The molecule has 0 atom stereocenters. The van der Waals surface area contributed by atoms with Crippen LogP contribution in [0.2, 0.25) is 0 Å². The summed E-state index contributed by atoms with van der Waals surface area (Å²) in [6.07, 6.45) is 0.250. The fourth-order valence-electron chi connectivity index (χ4n) is 1.90. The number of benzene rings is 1. The monoisotopic (exact) mass is 304 g/mol. The summed E-state index contributed by atoms with van der Waals surface area (Å²) in [7, 11) is 0. The minimum atomic E-state index is -0.720. The first-order valence-electron chi connectivity index (χ1n) is 6.45. The second-order valence-electron chi connectivity index (χ2n) is 4.56. The maximum Gasteiger partial charge on any atom is 0.333 e. The molecule has 0 spiro atoms. The van der Waals surface area contributed by atoms with Crippen molar-refractivity contribution >= 4 is 23.5 Å². The van der Waals surface area contributed by atoms with Gasteiger partial charge in [0.25, 0.3) is 11.8 Å². The Bertz CT molecular complexity index is 665. The quantitative estimate of drug-likeness (QED) is 0.383. The lowest BCUT2D eigenvalue weighted by Gasteiger charge is -2.12. The molecule has 1 aliphatic heterocycles. The van der Waals surface area contributed by atoms with Gasteiger partial charge in [-0.3, -0.25) is 9.59 Å². The van der Waals surface area contributed by atoms with Crippen LogP contribution in [0.4, 0.5) is 5.69 Å². The third-order valence-electron chi connectivity index (χ3n) is 3.01. The molecule has 0 aromatic heterocycles. The van der Waals surface area contributed by atoms with Gasteiger partial charge in [0.1, 0.15) is 5.75 Å². The topological polar surface area (TPSA) is 133 Å². The zero-order valence-corrected chi connectivity index (χ0v) is 11.4. The van der Waals surface area contributed by atoms with Gasteiger partial charge >= 0.3 is 5.97 Å². The first-order chi connectivity index (χ1) is 10.5. The van der Waals surface area contributed by atoms with Gasteiger partial charge in [0.2, 0.25) is 0 Å². The number of hydrogen-bond donors (Lipinski definition) is 1. The summed E-state index contributed by atoms with van der Waals surface area (Å²) in [5, 5.41) is 13.3. The van der Waals surface area contributed by atoms with E-state index in [0.29, 0.717) is 10.6 Å². The van der Waals surface area contributed by atoms with E-state index in [-0.39, 0.29) is 37.1 Å². The van der Waals surface area contributed by atoms with Crippen molar-refractivity contribution in [2.24, 2.45) is 5.11 Å². The summed E-state index contributed by atoms with van der Waals surface area (Å²) in [5.41, 5.74) is 9.06. The maximum absolute atomic E-state index is 11.6. The predicted octanol–water partition coefficient (Wildman–Crippen LogP) is 1.87. The number of carbonyl (C=O) groups excluding carboxylic acids is 3. The molecule has 0 unspecified atom stereocenters. The lowest BCUT2D eigenvalue weighted by atomic mass is 10.1. The lowest BCUT2D eigenvalue weighted by molar-refractivity contribution is -0.197. The van der Waals surface area contributed by atoms with Gasteiger partial charge in [-0.2, -0.15) is 0 Å². The van der Waals surface area contributed by atoms with E-state index in [2.05, 4.69) is 10.0 Å². The highest BCUT2D eigenvalue weighted by Gasteiger charge is 2.32. The summed E-state index contributed by atoms with van der Waals surface area (Å²) in [6.45, 7) is 0. The normalized spacial score (nSPS) is 13.9. The van der Waals surface area contributed by atoms with Gasteiger partial charge in [0.15, 0.2) is 0 Å². The van der Waals surface area contributed by atoms with E-state index < -0.39 is 17.8 Å². The highest BCUT2D eigenvalue weighted by molar-refractivity contribution is 6.01. The van der Waals surface area contributed by atoms with Crippen LogP contribution in [0, 0.1) is 0 Å². The van der Waals surface area contributed by atoms with Crippen LogP contribution in [0.5, 0.6) is 5.75 Å². The third-order valence-corrected chi connectivity index (χ3v) is 3.01. The fraction of sp³-hybridized carbons (Fsp3) is 0.308. The summed E-state index contributed by atoms with van der Waals surface area (Å²) in [6, 6.07) is 4.35. The van der Waals surface area contributed by atoms with Gasteiger partial charge in [-0.25, -0.2) is 4.79 Å². The summed E-state index contributed by atoms with van der Waals surface area (Å²) in [4.78, 5) is 41.5. The second kappa shape index (κ2) is 6.59. The van der Waals surface area contributed by atoms with Gasteiger partial charge in [0.05, 0.1) is 12.1 Å². The minimum Gasteiger partial charge on any atom is -0.507 e. The molecule has 1 aliphatic rings. The van der Waals surface area contributed by atoms with Crippen LogP contribution in [0.15, 0.2) is 23.3 Å². The molecular weight excluding hydrogens is 292 g/mol. The number of azide groups is 1. The van der Waals surface area contributed by atoms with E-state index in [1.807, 2.05) is 0 Å². The van der Waals surface area contributed by atoms with Crippen molar-refractivity contribution in [2.75, 3.05) is 0 Å². The van der Waals surface area contributed by atoms with Crippen LogP contribution in [-0.4, -0.2) is 28.0 Å². The van der Waals surface area contributed by atoms with Crippen LogP contribution < -0.4 is 0 Å². The number of hydrogen-bond acceptors (Lipinski definition) is 6. The van der Waals surface area contributed by atoms with Gasteiger partial charge in [0, 0.05) is 17.8 Å². The molecule has 0 radical (unpaired) electrons. The Balaban J connectivity index is 1.94. The van der Waals surface area contributed by atoms with Crippen molar-refractivity contribution < 1.29 is 24.3 Å². The number of phenolic OH excluding ortho intramolecular Hbond substituents is 1. The minimum absolute atomic E-state index is 0.0413. The van der Waals surface area contributed by atoms with Crippen LogP contribution >= 0.6 is 0 Å². The van der Waals surface area contributed by atoms with Crippen molar-refractivity contribution in [3.63, 3.8) is 0 Å². The molecule has 1 saturated heterocycles. The number of aromatic hydroxyl groups is 1. The standard InChI is InChI=1S/C13H12N4O5/c14-16-15-9-7-8(1-3-10(9)18)2-6-13(21)22-17-11(19)4-5-12(17)20/h1,3,7,18H,2,4-6H2. The van der Waals surface area contributed by atoms with Crippen molar-refractivity contribution in [2.45, 2.75) is 25.7 Å². The smallest absolute Gasteiger partial charge is 0.333 e. The number of carbonyl (C=O) groups is 3. The van der Waals surface area contributed by atoms with Gasteiger partial charge in [-0.1, -0.05) is 11.2 Å². The Morgan fingerprint density at radius 3 is 2.68 bits per heavy atom. The first kappa shape index (κ1) is 15.3. The average Bonchev–Trinajstić information content (AvgIpc) is 2.80. The molecule has 1 aromatic rings. The third kappa shape index (κ3) is 3.53. The van der Waals surface area contributed by atoms with E-state index in [1.165, 1.54) is 12.1 Å². The van der Waals surface area contributed by atoms with Crippen molar-refractivity contribution in [1.82, 2.24) is 5.06 Å². The maximum atomic E-state index is 11.6. The van der Waals surface area contributed by atoms with E-state index in [0.717, 1.165) is 0 Å². The average molecular weight is 304 g/mol. The highest BCUT2D eigenvalue weighted by atomic mass is 16.7. The van der Waals surface area contributed by atoms with E-state index >= 15 is 0 Å². The van der Waals surface area contributed by atoms with Crippen molar-refractivity contribution in [3.05, 3.63) is 34.2 Å². The Morgan fingerprint density at radius 1 is 1.36 bits per heavy atom. The Labute approximate surface area is 124 Å². The van der Waals surface area contributed by atoms with Crippen LogP contribution in [0.25, 0.3) is 10.4 Å². The number of hydroxylamine groups is 2. The van der Waals surface area contributed by atoms with Crippen LogP contribution in [-0.2, 0) is 25.6 Å². The molecule has 0 bridgehead atoms. The molecule has 2 rings (SSSR count). The number of nitrogens with zero attached hydrogens (tertiary/aromatic N) is 4. The number of amides is 2. The zero-order valence-electron chi connectivity index (χ0n) is 11.4. The first-order valence-corrected chi connectivity index (χ1v) is 6.45. The number of phenols is 1. The van der Waals surface area contributed by atoms with Crippen molar-refractivity contribution in [1.29, 1.82) is 0 Å². The number of aryl methyl sites for hydroxylation is 1. The lowest BCUT2D eigenvalue weighted by Crippen LogP contribution is -2.32. The molecule has 1 fully saturated rings. The molecule has 1 aromatic carbocycles. The van der Waals surface area contributed by atoms with Gasteiger partial charge < -0.3 is 9.94 Å². The SMILES string of the molecule is [N-]=[N+]=Nc1cc(CCC(=O)ON2C(=O)CCC2=O)ccc1O. The van der Waals surface area contributed by atoms with E-state index in [4.69, 9.17) is 10.4 Å². The molecule has 22 heavy (non-hydrogen) atoms. The number of imide groups is 1. The molecular formula is C13H12N4O5. The Morgan fingerprint density at radius 2 is 2.05 bits per heavy atom. The van der Waals surface area contributed by atoms with Gasteiger partial charge in [-0.05, 0) is 29.6 Å². The molecule has 1 heterocycles. The fourth-order valence-corrected chi connectivity index (χ4v) is 1.90. The molecule has 0 saturated carbocycles. The van der Waals surface area contributed by atoms with Crippen molar-refractivity contribution in [3.8, 4) is 5.75 Å². The summed E-state index contributed by atoms with van der Waals surface area (Å²) < 4.78 is 0. The molecule has 0 aliphatic carbocycles. The highest BCUT2D eigenvalue weighted by Crippen LogP contribution is 2.27. The predicted molar refractivity (Wildman–Crippen MR) is 72.4 cm³/mol. The Hall–Kier alpha value is -3.06. The van der Waals surface area contributed by atoms with Crippen LogP contribution in [0.3, 0.4) is 0 Å². The van der Waals surface area contributed by atoms with E-state index in [1.54, 1.807) is 6.07 Å². The zero-order chi connectivity index (χ0) is 16.1. The molecule has 1 N–H and O–H groups in total. The number of rotatable bonds is 5. The molecule has 114 valence electrons. The summed E-state index contributed by atoms with van der Waals surface area (Å²) >= 11 is 0.